The Morgan fingerprint density at radius 3 is 2.40 bits per heavy atom. The maximum atomic E-state index is 13.2. The molecule has 2 aromatic rings. The summed E-state index contributed by atoms with van der Waals surface area (Å²) in [4.78, 5) is 40.4. The van der Waals surface area contributed by atoms with Crippen LogP contribution in [0.25, 0.3) is 0 Å². The van der Waals surface area contributed by atoms with Gasteiger partial charge in [0.2, 0.25) is 11.8 Å². The Kier molecular flexibility index (Phi) is 4.17. The number of hydrogen-bond acceptors (Lipinski definition) is 3. The molecule has 2 fully saturated rings. The molecule has 2 aromatic carbocycles. The SMILES string of the molecule is CC1=CC2CC1C1C(=O)N(c3cccc(C(=O)Nc4cc(C)cc(C)c4)c3)C(=O)C21. The maximum Gasteiger partial charge on any atom is 0.255 e. The molecule has 2 bridgehead atoms. The third kappa shape index (κ3) is 2.80. The molecule has 0 spiro atoms. The van der Waals surface area contributed by atoms with Crippen molar-refractivity contribution >= 4 is 29.1 Å². The number of carbonyl (C=O) groups excluding carboxylic acids is 3. The van der Waals surface area contributed by atoms with E-state index in [-0.39, 0.29) is 41.4 Å². The van der Waals surface area contributed by atoms with Crippen LogP contribution in [0.3, 0.4) is 0 Å². The molecular formula is C25H24N2O3. The summed E-state index contributed by atoms with van der Waals surface area (Å²) in [6, 6.07) is 12.6. The topological polar surface area (TPSA) is 66.5 Å². The Hall–Kier alpha value is -3.21. The average Bonchev–Trinajstić information content (AvgIpc) is 3.31. The molecule has 4 unspecified atom stereocenters. The van der Waals surface area contributed by atoms with E-state index >= 15 is 0 Å². The fourth-order valence-electron chi connectivity index (χ4n) is 5.57. The first kappa shape index (κ1) is 18.8. The number of allylic oxidation sites excluding steroid dienone is 2. The zero-order valence-corrected chi connectivity index (χ0v) is 17.3. The lowest BCUT2D eigenvalue weighted by Crippen LogP contribution is -2.33. The van der Waals surface area contributed by atoms with E-state index in [4.69, 9.17) is 0 Å². The van der Waals surface area contributed by atoms with Gasteiger partial charge in [-0.05, 0) is 80.5 Å². The molecule has 5 rings (SSSR count). The molecule has 1 aliphatic heterocycles. The largest absolute Gasteiger partial charge is 0.322 e. The van der Waals surface area contributed by atoms with E-state index in [0.717, 1.165) is 23.2 Å². The van der Waals surface area contributed by atoms with Crippen molar-refractivity contribution in [2.24, 2.45) is 23.7 Å². The number of fused-ring (bicyclic) bond motifs is 5. The highest BCUT2D eigenvalue weighted by atomic mass is 16.2. The molecule has 3 aliphatic rings. The number of anilines is 2. The van der Waals surface area contributed by atoms with Crippen LogP contribution < -0.4 is 10.2 Å². The number of rotatable bonds is 3. The third-order valence-corrected chi connectivity index (χ3v) is 6.73. The van der Waals surface area contributed by atoms with Crippen LogP contribution in [-0.4, -0.2) is 17.7 Å². The van der Waals surface area contributed by atoms with Crippen molar-refractivity contribution in [3.05, 3.63) is 70.8 Å². The molecule has 1 heterocycles. The summed E-state index contributed by atoms with van der Waals surface area (Å²) < 4.78 is 0. The molecule has 30 heavy (non-hydrogen) atoms. The van der Waals surface area contributed by atoms with Crippen LogP contribution in [-0.2, 0) is 9.59 Å². The summed E-state index contributed by atoms with van der Waals surface area (Å²) in [6.45, 7) is 6.02. The number of imide groups is 1. The van der Waals surface area contributed by atoms with Gasteiger partial charge < -0.3 is 5.32 Å². The average molecular weight is 400 g/mol. The minimum atomic E-state index is -0.265. The molecular weight excluding hydrogens is 376 g/mol. The Bertz CT molecular complexity index is 1110. The zero-order valence-electron chi connectivity index (χ0n) is 17.3. The monoisotopic (exact) mass is 400 g/mol. The van der Waals surface area contributed by atoms with E-state index in [1.165, 1.54) is 10.5 Å². The van der Waals surface area contributed by atoms with Crippen LogP contribution in [0.5, 0.6) is 0 Å². The number of aryl methyl sites for hydroxylation is 2. The van der Waals surface area contributed by atoms with Gasteiger partial charge in [-0.15, -0.1) is 0 Å². The van der Waals surface area contributed by atoms with Crippen LogP contribution in [0.15, 0.2) is 54.1 Å². The minimum Gasteiger partial charge on any atom is -0.322 e. The highest BCUT2D eigenvalue weighted by molar-refractivity contribution is 6.23. The first-order chi connectivity index (χ1) is 14.3. The van der Waals surface area contributed by atoms with Crippen molar-refractivity contribution in [1.29, 1.82) is 0 Å². The van der Waals surface area contributed by atoms with Crippen molar-refractivity contribution in [2.45, 2.75) is 27.2 Å². The van der Waals surface area contributed by atoms with Gasteiger partial charge in [0.1, 0.15) is 0 Å². The molecule has 1 N–H and O–H groups in total. The Balaban J connectivity index is 1.41. The van der Waals surface area contributed by atoms with Gasteiger partial charge >= 0.3 is 0 Å². The quantitative estimate of drug-likeness (QED) is 0.618. The first-order valence-corrected chi connectivity index (χ1v) is 10.4. The third-order valence-electron chi connectivity index (χ3n) is 6.73. The second-order valence-electron chi connectivity index (χ2n) is 8.86. The van der Waals surface area contributed by atoms with E-state index in [2.05, 4.69) is 18.3 Å². The molecule has 5 nitrogen and oxygen atoms in total. The van der Waals surface area contributed by atoms with Gasteiger partial charge in [0, 0.05) is 11.3 Å². The molecule has 2 aliphatic carbocycles. The number of benzene rings is 2. The number of carbonyl (C=O) groups is 3. The standard InChI is InChI=1S/C25H24N2O3/c1-13-7-14(2)9-18(8-13)26-23(28)16-5-4-6-19(11-16)27-24(29)21-17-10-15(3)20(12-17)22(21)25(27)30/h4-11,17,20-22H,12H2,1-3H3,(H,26,28). The molecule has 0 radical (unpaired) electrons. The van der Waals surface area contributed by atoms with Gasteiger partial charge in [0.05, 0.1) is 17.5 Å². The number of hydrogen-bond donors (Lipinski definition) is 1. The first-order valence-electron chi connectivity index (χ1n) is 10.4. The van der Waals surface area contributed by atoms with Gasteiger partial charge in [-0.1, -0.05) is 23.8 Å². The molecule has 3 amide bonds. The lowest BCUT2D eigenvalue weighted by molar-refractivity contribution is -0.123. The molecule has 5 heteroatoms. The Labute approximate surface area is 175 Å². The zero-order chi connectivity index (χ0) is 21.2. The highest BCUT2D eigenvalue weighted by Gasteiger charge is 2.60. The summed E-state index contributed by atoms with van der Waals surface area (Å²) in [5.41, 5.74) is 4.98. The van der Waals surface area contributed by atoms with Crippen molar-refractivity contribution in [1.82, 2.24) is 0 Å². The molecule has 1 saturated heterocycles. The Morgan fingerprint density at radius 2 is 1.67 bits per heavy atom. The van der Waals surface area contributed by atoms with Crippen molar-refractivity contribution in [3.8, 4) is 0 Å². The van der Waals surface area contributed by atoms with E-state index in [0.29, 0.717) is 11.3 Å². The summed E-state index contributed by atoms with van der Waals surface area (Å²) >= 11 is 0. The van der Waals surface area contributed by atoms with Crippen molar-refractivity contribution in [3.63, 3.8) is 0 Å². The van der Waals surface area contributed by atoms with E-state index in [1.54, 1.807) is 24.3 Å². The predicted molar refractivity (Wildman–Crippen MR) is 115 cm³/mol. The van der Waals surface area contributed by atoms with Crippen LogP contribution in [0, 0.1) is 37.5 Å². The number of nitrogens with one attached hydrogen (secondary N) is 1. The lowest BCUT2D eigenvalue weighted by Gasteiger charge is -2.19. The van der Waals surface area contributed by atoms with E-state index in [1.807, 2.05) is 32.0 Å². The van der Waals surface area contributed by atoms with Gasteiger partial charge in [0.25, 0.3) is 5.91 Å². The van der Waals surface area contributed by atoms with Gasteiger partial charge in [-0.3, -0.25) is 14.4 Å². The van der Waals surface area contributed by atoms with Crippen LogP contribution in [0.4, 0.5) is 11.4 Å². The van der Waals surface area contributed by atoms with E-state index < -0.39 is 0 Å². The summed E-state index contributed by atoms with van der Waals surface area (Å²) in [6.07, 6.45) is 3.07. The van der Waals surface area contributed by atoms with Crippen LogP contribution in [0.2, 0.25) is 0 Å². The Morgan fingerprint density at radius 1 is 0.967 bits per heavy atom. The van der Waals surface area contributed by atoms with Gasteiger partial charge in [-0.2, -0.15) is 0 Å². The summed E-state index contributed by atoms with van der Waals surface area (Å²) in [7, 11) is 0. The lowest BCUT2D eigenvalue weighted by atomic mass is 9.82. The molecule has 152 valence electrons. The normalized spacial score (nSPS) is 26.8. The number of nitrogens with zero attached hydrogens (tertiary/aromatic N) is 1. The molecule has 0 aromatic heterocycles. The van der Waals surface area contributed by atoms with Gasteiger partial charge in [-0.25, -0.2) is 4.90 Å². The summed E-state index contributed by atoms with van der Waals surface area (Å²) in [5.74, 6) is -0.683. The fraction of sp³-hybridized carbons (Fsp3) is 0.320. The predicted octanol–water partition coefficient (Wildman–Crippen LogP) is 4.26. The van der Waals surface area contributed by atoms with Crippen LogP contribution in [0.1, 0.15) is 34.8 Å². The fourth-order valence-corrected chi connectivity index (χ4v) is 5.57. The molecule has 1 saturated carbocycles. The highest BCUT2D eigenvalue weighted by Crippen LogP contribution is 2.55. The smallest absolute Gasteiger partial charge is 0.255 e. The van der Waals surface area contributed by atoms with E-state index in [9.17, 15) is 14.4 Å². The van der Waals surface area contributed by atoms with Gasteiger partial charge in [0.15, 0.2) is 0 Å². The maximum absolute atomic E-state index is 13.2. The van der Waals surface area contributed by atoms with Crippen molar-refractivity contribution in [2.75, 3.05) is 10.2 Å². The number of amides is 3. The van der Waals surface area contributed by atoms with Crippen molar-refractivity contribution < 1.29 is 14.4 Å². The second-order valence-corrected chi connectivity index (χ2v) is 8.86. The second kappa shape index (κ2) is 6.66. The minimum absolute atomic E-state index is 0.128. The van der Waals surface area contributed by atoms with Crippen LogP contribution >= 0.6 is 0 Å². The summed E-state index contributed by atoms with van der Waals surface area (Å²) in [5, 5.41) is 2.91. The molecule has 4 atom stereocenters.